The van der Waals surface area contributed by atoms with Gasteiger partial charge in [-0.3, -0.25) is 9.89 Å². The SMILES string of the molecule is Cl.NC(=O)c1cc2nc(Nc3cc(-c4ccccc4)[nH]n3)nc(N3CCOCC3)c2o1. The fraction of sp³-hybridized carbons (Fsp3) is 0.200. The molecule has 0 aliphatic carbocycles. The Balaban J connectivity index is 0.00000231. The third-order valence-corrected chi connectivity index (χ3v) is 4.81. The summed E-state index contributed by atoms with van der Waals surface area (Å²) in [4.78, 5) is 22.7. The van der Waals surface area contributed by atoms with Gasteiger partial charge < -0.3 is 25.1 Å². The third-order valence-electron chi connectivity index (χ3n) is 4.81. The van der Waals surface area contributed by atoms with Crippen LogP contribution < -0.4 is 16.0 Å². The van der Waals surface area contributed by atoms with E-state index in [1.807, 2.05) is 41.3 Å². The number of benzene rings is 1. The number of amides is 1. The third kappa shape index (κ3) is 4.16. The normalized spacial score (nSPS) is 13.7. The number of nitrogens with zero attached hydrogens (tertiary/aromatic N) is 4. The molecule has 1 aliphatic rings. The minimum Gasteiger partial charge on any atom is -0.445 e. The number of aromatic nitrogens is 4. The number of morpholine rings is 1. The zero-order valence-corrected chi connectivity index (χ0v) is 17.2. The molecular weight excluding hydrogens is 422 g/mol. The fourth-order valence-electron chi connectivity index (χ4n) is 3.35. The predicted molar refractivity (Wildman–Crippen MR) is 118 cm³/mol. The average molecular weight is 442 g/mol. The Kier molecular flexibility index (Phi) is 5.74. The summed E-state index contributed by atoms with van der Waals surface area (Å²) in [6.45, 7) is 2.46. The second-order valence-corrected chi connectivity index (χ2v) is 6.82. The Bertz CT molecular complexity index is 1200. The van der Waals surface area contributed by atoms with Crippen LogP contribution in [0.25, 0.3) is 22.4 Å². The number of primary amides is 1. The van der Waals surface area contributed by atoms with E-state index in [4.69, 9.17) is 14.9 Å². The summed E-state index contributed by atoms with van der Waals surface area (Å²) in [5.41, 5.74) is 8.17. The highest BCUT2D eigenvalue weighted by Crippen LogP contribution is 2.30. The van der Waals surface area contributed by atoms with E-state index in [1.165, 1.54) is 6.07 Å². The highest BCUT2D eigenvalue weighted by atomic mass is 35.5. The summed E-state index contributed by atoms with van der Waals surface area (Å²) in [6.07, 6.45) is 0. The lowest BCUT2D eigenvalue weighted by Gasteiger charge is -2.27. The number of carbonyl (C=O) groups is 1. The Morgan fingerprint density at radius 2 is 1.90 bits per heavy atom. The van der Waals surface area contributed by atoms with Gasteiger partial charge in [0, 0.05) is 25.2 Å². The number of nitrogens with one attached hydrogen (secondary N) is 2. The summed E-state index contributed by atoms with van der Waals surface area (Å²) in [7, 11) is 0. The van der Waals surface area contributed by atoms with Crippen LogP contribution in [-0.2, 0) is 4.74 Å². The number of ether oxygens (including phenoxy) is 1. The van der Waals surface area contributed by atoms with Crippen molar-refractivity contribution in [1.29, 1.82) is 0 Å². The second kappa shape index (κ2) is 8.62. The van der Waals surface area contributed by atoms with Gasteiger partial charge in [0.05, 0.1) is 18.9 Å². The smallest absolute Gasteiger partial charge is 0.284 e. The van der Waals surface area contributed by atoms with E-state index in [9.17, 15) is 4.79 Å². The maximum absolute atomic E-state index is 11.6. The molecular formula is C20H20ClN7O3. The molecule has 11 heteroatoms. The molecule has 1 aromatic carbocycles. The molecule has 31 heavy (non-hydrogen) atoms. The van der Waals surface area contributed by atoms with Crippen molar-refractivity contribution < 1.29 is 13.9 Å². The van der Waals surface area contributed by atoms with Gasteiger partial charge in [-0.25, -0.2) is 4.98 Å². The van der Waals surface area contributed by atoms with Gasteiger partial charge in [-0.15, -0.1) is 12.4 Å². The van der Waals surface area contributed by atoms with Crippen molar-refractivity contribution in [3.05, 3.63) is 48.2 Å². The van der Waals surface area contributed by atoms with Crippen LogP contribution >= 0.6 is 12.4 Å². The summed E-state index contributed by atoms with van der Waals surface area (Å²) < 4.78 is 11.1. The maximum atomic E-state index is 11.6. The number of hydrogen-bond donors (Lipinski definition) is 3. The van der Waals surface area contributed by atoms with E-state index in [2.05, 4.69) is 25.5 Å². The minimum absolute atomic E-state index is 0. The number of rotatable bonds is 5. The number of H-pyrrole nitrogens is 1. The molecule has 5 rings (SSSR count). The Hall–Kier alpha value is -3.63. The molecule has 4 heterocycles. The van der Waals surface area contributed by atoms with Gasteiger partial charge >= 0.3 is 0 Å². The number of fused-ring (bicyclic) bond motifs is 1. The Labute approximate surface area is 183 Å². The number of carbonyl (C=O) groups excluding carboxylic acids is 1. The largest absolute Gasteiger partial charge is 0.445 e. The predicted octanol–water partition coefficient (Wildman–Crippen LogP) is 2.71. The lowest BCUT2D eigenvalue weighted by Crippen LogP contribution is -2.37. The lowest BCUT2D eigenvalue weighted by atomic mass is 10.2. The fourth-order valence-corrected chi connectivity index (χ4v) is 3.35. The molecule has 0 radical (unpaired) electrons. The van der Waals surface area contributed by atoms with Gasteiger partial charge in [0.2, 0.25) is 5.95 Å². The maximum Gasteiger partial charge on any atom is 0.284 e. The molecule has 1 fully saturated rings. The number of hydrogen-bond acceptors (Lipinski definition) is 8. The van der Waals surface area contributed by atoms with Crippen molar-refractivity contribution in [2.45, 2.75) is 0 Å². The lowest BCUT2D eigenvalue weighted by molar-refractivity contribution is 0.0976. The van der Waals surface area contributed by atoms with Gasteiger partial charge in [-0.05, 0) is 5.56 Å². The van der Waals surface area contributed by atoms with E-state index in [0.29, 0.717) is 55.0 Å². The van der Waals surface area contributed by atoms with Crippen molar-refractivity contribution in [1.82, 2.24) is 20.2 Å². The molecule has 160 valence electrons. The van der Waals surface area contributed by atoms with E-state index in [0.717, 1.165) is 11.3 Å². The van der Waals surface area contributed by atoms with Crippen LogP contribution in [0.15, 0.2) is 46.9 Å². The van der Waals surface area contributed by atoms with Gasteiger partial charge in [-0.1, -0.05) is 30.3 Å². The first-order valence-electron chi connectivity index (χ1n) is 9.49. The molecule has 0 atom stereocenters. The van der Waals surface area contributed by atoms with Crippen molar-refractivity contribution in [2.75, 3.05) is 36.5 Å². The molecule has 10 nitrogen and oxygen atoms in total. The summed E-state index contributed by atoms with van der Waals surface area (Å²) >= 11 is 0. The van der Waals surface area contributed by atoms with Crippen LogP contribution in [0.5, 0.6) is 0 Å². The summed E-state index contributed by atoms with van der Waals surface area (Å²) in [5.74, 6) is 0.871. The highest BCUT2D eigenvalue weighted by molar-refractivity contribution is 5.96. The minimum atomic E-state index is -0.657. The standard InChI is InChI=1S/C20H19N7O3.ClH/c21-18(28)15-10-14-17(30-15)19(27-6-8-29-9-7-27)24-20(22-14)23-16-11-13(25-26-16)12-4-2-1-3-5-12;/h1-5,10-11H,6-9H2,(H2,21,28)(H2,22,23,24,25,26);1H. The monoisotopic (exact) mass is 441 g/mol. The number of furan rings is 1. The van der Waals surface area contributed by atoms with Crippen LogP contribution in [-0.4, -0.2) is 52.4 Å². The molecule has 1 saturated heterocycles. The van der Waals surface area contributed by atoms with E-state index in [1.54, 1.807) is 0 Å². The van der Waals surface area contributed by atoms with Crippen LogP contribution in [0.1, 0.15) is 10.6 Å². The van der Waals surface area contributed by atoms with Crippen LogP contribution in [0.2, 0.25) is 0 Å². The molecule has 3 aromatic heterocycles. The summed E-state index contributed by atoms with van der Waals surface area (Å²) in [5, 5.41) is 10.4. The first-order chi connectivity index (χ1) is 14.7. The molecule has 0 saturated carbocycles. The molecule has 4 N–H and O–H groups in total. The number of aromatic amines is 1. The van der Waals surface area contributed by atoms with Gasteiger partial charge in [-0.2, -0.15) is 10.1 Å². The van der Waals surface area contributed by atoms with Gasteiger partial charge in [0.15, 0.2) is 23.0 Å². The highest BCUT2D eigenvalue weighted by Gasteiger charge is 2.22. The summed E-state index contributed by atoms with van der Waals surface area (Å²) in [6, 6.07) is 13.3. The Morgan fingerprint density at radius 1 is 1.13 bits per heavy atom. The molecule has 0 bridgehead atoms. The van der Waals surface area contributed by atoms with Gasteiger partial charge in [0.1, 0.15) is 5.52 Å². The number of nitrogens with two attached hydrogens (primary N) is 1. The molecule has 1 amide bonds. The van der Waals surface area contributed by atoms with Crippen molar-refractivity contribution in [2.24, 2.45) is 5.73 Å². The first-order valence-corrected chi connectivity index (χ1v) is 9.49. The van der Waals surface area contributed by atoms with Crippen LogP contribution in [0.3, 0.4) is 0 Å². The van der Waals surface area contributed by atoms with Crippen molar-refractivity contribution >= 4 is 47.0 Å². The number of anilines is 3. The van der Waals surface area contributed by atoms with E-state index >= 15 is 0 Å². The van der Waals surface area contributed by atoms with E-state index < -0.39 is 5.91 Å². The number of halogens is 1. The van der Waals surface area contributed by atoms with E-state index in [-0.39, 0.29) is 18.2 Å². The Morgan fingerprint density at radius 3 is 2.65 bits per heavy atom. The zero-order chi connectivity index (χ0) is 20.5. The molecule has 0 unspecified atom stereocenters. The zero-order valence-electron chi connectivity index (χ0n) is 16.4. The molecule has 0 spiro atoms. The van der Waals surface area contributed by atoms with Crippen LogP contribution in [0, 0.1) is 0 Å². The average Bonchev–Trinajstić information content (AvgIpc) is 3.42. The van der Waals surface area contributed by atoms with Crippen molar-refractivity contribution in [3.63, 3.8) is 0 Å². The quantitative estimate of drug-likeness (QED) is 0.430. The first kappa shape index (κ1) is 20.6. The molecule has 1 aliphatic heterocycles. The van der Waals surface area contributed by atoms with Crippen molar-refractivity contribution in [3.8, 4) is 11.3 Å². The molecule has 4 aromatic rings. The topological polar surface area (TPSA) is 135 Å². The second-order valence-electron chi connectivity index (χ2n) is 6.82. The van der Waals surface area contributed by atoms with Gasteiger partial charge in [0.25, 0.3) is 5.91 Å². The van der Waals surface area contributed by atoms with Crippen LogP contribution in [0.4, 0.5) is 17.6 Å².